The molecule has 0 unspecified atom stereocenters. The van der Waals surface area contributed by atoms with Crippen LogP contribution in [-0.2, 0) is 4.79 Å². The van der Waals surface area contributed by atoms with E-state index in [9.17, 15) is 4.79 Å². The van der Waals surface area contributed by atoms with Gasteiger partial charge < -0.3 is 11.1 Å². The van der Waals surface area contributed by atoms with E-state index in [0.29, 0.717) is 18.2 Å². The molecule has 0 saturated carbocycles. The second kappa shape index (κ2) is 8.12. The van der Waals surface area contributed by atoms with Crippen molar-refractivity contribution in [3.8, 4) is 0 Å². The van der Waals surface area contributed by atoms with Gasteiger partial charge in [0.25, 0.3) is 0 Å². The van der Waals surface area contributed by atoms with Crippen LogP contribution in [0.25, 0.3) is 0 Å². The summed E-state index contributed by atoms with van der Waals surface area (Å²) in [5.41, 5.74) is 5.39. The van der Waals surface area contributed by atoms with Gasteiger partial charge in [0.1, 0.15) is 0 Å². The zero-order valence-electron chi connectivity index (χ0n) is 9.38. The molecular weight excluding hydrogens is 196 g/mol. The zero-order valence-corrected chi connectivity index (χ0v) is 10.2. The van der Waals surface area contributed by atoms with Crippen molar-refractivity contribution in [2.75, 3.05) is 18.1 Å². The molecule has 0 spiro atoms. The van der Waals surface area contributed by atoms with Gasteiger partial charge in [-0.2, -0.15) is 11.8 Å². The largest absolute Gasteiger partial charge is 0.352 e. The minimum atomic E-state index is 0.0909. The Kier molecular flexibility index (Phi) is 7.99. The summed E-state index contributed by atoms with van der Waals surface area (Å²) >= 11 is 1.69. The number of rotatable bonds is 7. The summed E-state index contributed by atoms with van der Waals surface area (Å²) < 4.78 is 0. The van der Waals surface area contributed by atoms with Gasteiger partial charge in [0.2, 0.25) is 5.91 Å². The van der Waals surface area contributed by atoms with E-state index < -0.39 is 0 Å². The predicted octanol–water partition coefficient (Wildman–Crippen LogP) is 1.23. The predicted molar refractivity (Wildman–Crippen MR) is 63.4 cm³/mol. The molecule has 0 heterocycles. The number of thioether (sulfide) groups is 1. The van der Waals surface area contributed by atoms with E-state index in [-0.39, 0.29) is 11.9 Å². The van der Waals surface area contributed by atoms with Gasteiger partial charge in [-0.1, -0.05) is 13.8 Å². The molecule has 0 aromatic rings. The standard InChI is InChI=1S/C10H22N2OS/c1-8(2)4-5-14-7-10(13)12-9(3)6-11/h8-9H,4-7,11H2,1-3H3,(H,12,13)/t9-/m0/s1. The number of nitrogens with two attached hydrogens (primary N) is 1. The number of nitrogens with one attached hydrogen (secondary N) is 1. The first-order valence-corrected chi connectivity index (χ1v) is 6.29. The van der Waals surface area contributed by atoms with Crippen LogP contribution in [0.1, 0.15) is 27.2 Å². The number of carbonyl (C=O) groups excluding carboxylic acids is 1. The summed E-state index contributed by atoms with van der Waals surface area (Å²) in [6, 6.07) is 0.0909. The van der Waals surface area contributed by atoms with E-state index in [2.05, 4.69) is 19.2 Å². The smallest absolute Gasteiger partial charge is 0.230 e. The summed E-state index contributed by atoms with van der Waals surface area (Å²) in [7, 11) is 0. The average molecular weight is 218 g/mol. The molecule has 0 aliphatic rings. The molecule has 0 aliphatic heterocycles. The fourth-order valence-corrected chi connectivity index (χ4v) is 1.91. The molecule has 1 atom stereocenters. The number of carbonyl (C=O) groups is 1. The van der Waals surface area contributed by atoms with Crippen molar-refractivity contribution in [2.45, 2.75) is 33.2 Å². The molecule has 0 aromatic carbocycles. The summed E-state index contributed by atoms with van der Waals surface area (Å²) in [5, 5.41) is 2.83. The Morgan fingerprint density at radius 1 is 1.43 bits per heavy atom. The van der Waals surface area contributed by atoms with Gasteiger partial charge in [-0.25, -0.2) is 0 Å². The van der Waals surface area contributed by atoms with E-state index in [0.717, 1.165) is 5.75 Å². The third-order valence-electron chi connectivity index (χ3n) is 1.83. The Bertz CT molecular complexity index is 162. The normalized spacial score (nSPS) is 12.9. The average Bonchev–Trinajstić information content (AvgIpc) is 2.12. The van der Waals surface area contributed by atoms with E-state index in [1.165, 1.54) is 6.42 Å². The van der Waals surface area contributed by atoms with Crippen LogP contribution >= 0.6 is 11.8 Å². The molecule has 0 fully saturated rings. The minimum Gasteiger partial charge on any atom is -0.352 e. The van der Waals surface area contributed by atoms with Crippen LogP contribution in [0.15, 0.2) is 0 Å². The van der Waals surface area contributed by atoms with Crippen molar-refractivity contribution in [1.29, 1.82) is 0 Å². The van der Waals surface area contributed by atoms with Gasteiger partial charge in [0, 0.05) is 12.6 Å². The van der Waals surface area contributed by atoms with Gasteiger partial charge in [0.05, 0.1) is 5.75 Å². The Morgan fingerprint density at radius 2 is 2.07 bits per heavy atom. The van der Waals surface area contributed by atoms with Crippen LogP contribution in [0.4, 0.5) is 0 Å². The maximum Gasteiger partial charge on any atom is 0.230 e. The lowest BCUT2D eigenvalue weighted by Crippen LogP contribution is -2.38. The van der Waals surface area contributed by atoms with E-state index in [1.807, 2.05) is 6.92 Å². The first-order chi connectivity index (χ1) is 6.56. The van der Waals surface area contributed by atoms with Gasteiger partial charge >= 0.3 is 0 Å². The zero-order chi connectivity index (χ0) is 11.0. The van der Waals surface area contributed by atoms with E-state index in [1.54, 1.807) is 11.8 Å². The van der Waals surface area contributed by atoms with Gasteiger partial charge in [0.15, 0.2) is 0 Å². The first-order valence-electron chi connectivity index (χ1n) is 5.13. The second-order valence-electron chi connectivity index (χ2n) is 3.94. The molecule has 3 N–H and O–H groups in total. The highest BCUT2D eigenvalue weighted by atomic mass is 32.2. The molecular formula is C10H22N2OS. The summed E-state index contributed by atoms with van der Waals surface area (Å²) in [6.45, 7) is 6.80. The molecule has 1 amide bonds. The first kappa shape index (κ1) is 13.8. The molecule has 0 bridgehead atoms. The van der Waals surface area contributed by atoms with Crippen LogP contribution in [0.5, 0.6) is 0 Å². The quantitative estimate of drug-likeness (QED) is 0.632. The topological polar surface area (TPSA) is 55.1 Å². The van der Waals surface area contributed by atoms with Crippen LogP contribution in [0, 0.1) is 5.92 Å². The van der Waals surface area contributed by atoms with Crippen molar-refractivity contribution < 1.29 is 4.79 Å². The van der Waals surface area contributed by atoms with Crippen molar-refractivity contribution in [2.24, 2.45) is 11.7 Å². The molecule has 0 aromatic heterocycles. The van der Waals surface area contributed by atoms with Crippen LogP contribution < -0.4 is 11.1 Å². The summed E-state index contributed by atoms with van der Waals surface area (Å²) in [5.74, 6) is 2.42. The fourth-order valence-electron chi connectivity index (χ4n) is 0.859. The second-order valence-corrected chi connectivity index (χ2v) is 5.04. The highest BCUT2D eigenvalue weighted by molar-refractivity contribution is 7.99. The van der Waals surface area contributed by atoms with Gasteiger partial charge in [-0.15, -0.1) is 0 Å². The molecule has 0 rings (SSSR count). The molecule has 4 heteroatoms. The lowest BCUT2D eigenvalue weighted by atomic mass is 10.2. The monoisotopic (exact) mass is 218 g/mol. The lowest BCUT2D eigenvalue weighted by Gasteiger charge is -2.11. The third-order valence-corrected chi connectivity index (χ3v) is 2.82. The fraction of sp³-hybridized carbons (Fsp3) is 0.900. The highest BCUT2D eigenvalue weighted by Gasteiger charge is 2.05. The summed E-state index contributed by atoms with van der Waals surface area (Å²) in [6.07, 6.45) is 1.17. The van der Waals surface area contributed by atoms with Crippen molar-refractivity contribution in [3.63, 3.8) is 0 Å². The number of hydrogen-bond donors (Lipinski definition) is 2. The number of hydrogen-bond acceptors (Lipinski definition) is 3. The SMILES string of the molecule is CC(C)CCSCC(=O)N[C@@H](C)CN. The van der Waals surface area contributed by atoms with Gasteiger partial charge in [-0.3, -0.25) is 4.79 Å². The van der Waals surface area contributed by atoms with E-state index >= 15 is 0 Å². The Hall–Kier alpha value is -0.220. The Balaban J connectivity index is 3.36. The van der Waals surface area contributed by atoms with Crippen molar-refractivity contribution >= 4 is 17.7 Å². The van der Waals surface area contributed by atoms with E-state index in [4.69, 9.17) is 5.73 Å². The van der Waals surface area contributed by atoms with Crippen LogP contribution in [0.3, 0.4) is 0 Å². The molecule has 0 saturated heterocycles. The van der Waals surface area contributed by atoms with Crippen LogP contribution in [-0.4, -0.2) is 30.0 Å². The molecule has 84 valence electrons. The molecule has 14 heavy (non-hydrogen) atoms. The molecule has 0 aliphatic carbocycles. The third kappa shape index (κ3) is 8.38. The van der Waals surface area contributed by atoms with Crippen molar-refractivity contribution in [3.05, 3.63) is 0 Å². The molecule has 0 radical (unpaired) electrons. The maximum atomic E-state index is 11.3. The maximum absolute atomic E-state index is 11.3. The lowest BCUT2D eigenvalue weighted by molar-refractivity contribution is -0.119. The van der Waals surface area contributed by atoms with Crippen molar-refractivity contribution in [1.82, 2.24) is 5.32 Å². The summed E-state index contributed by atoms with van der Waals surface area (Å²) in [4.78, 5) is 11.3. The highest BCUT2D eigenvalue weighted by Crippen LogP contribution is 2.08. The minimum absolute atomic E-state index is 0.0909. The van der Waals surface area contributed by atoms with Gasteiger partial charge in [-0.05, 0) is 25.0 Å². The molecule has 3 nitrogen and oxygen atoms in total. The Labute approximate surface area is 91.2 Å². The van der Waals surface area contributed by atoms with Crippen LogP contribution in [0.2, 0.25) is 0 Å². The Morgan fingerprint density at radius 3 is 2.57 bits per heavy atom. The number of amides is 1.